The number of ether oxygens (including phenoxy) is 1. The second-order valence-electron chi connectivity index (χ2n) is 7.40. The van der Waals surface area contributed by atoms with Crippen LogP contribution in [0.5, 0.6) is 11.5 Å². The summed E-state index contributed by atoms with van der Waals surface area (Å²) in [6.07, 6.45) is 9.92. The quantitative estimate of drug-likeness (QED) is 0.405. The highest BCUT2D eigenvalue weighted by Gasteiger charge is 2.21. The smallest absolute Gasteiger partial charge is 0.342 e. The largest absolute Gasteiger partial charge is 0.508 e. The Bertz CT molecular complexity index is 906. The molecule has 0 atom stereocenters. The van der Waals surface area contributed by atoms with Crippen LogP contribution in [0, 0.1) is 0 Å². The highest BCUT2D eigenvalue weighted by Crippen LogP contribution is 2.29. The maximum atomic E-state index is 12.6. The number of cyclic esters (lactones) is 1. The molecule has 1 saturated heterocycles. The van der Waals surface area contributed by atoms with Crippen LogP contribution in [0.2, 0.25) is 0 Å². The molecule has 0 radical (unpaired) electrons. The van der Waals surface area contributed by atoms with E-state index in [9.17, 15) is 19.8 Å². The maximum Gasteiger partial charge on any atom is 0.342 e. The summed E-state index contributed by atoms with van der Waals surface area (Å²) in [5.41, 5.74) is 0.783. The van der Waals surface area contributed by atoms with Crippen molar-refractivity contribution in [3.05, 3.63) is 47.6 Å². The van der Waals surface area contributed by atoms with Crippen LogP contribution in [0.15, 0.2) is 41.6 Å². The van der Waals surface area contributed by atoms with Gasteiger partial charge in [0.2, 0.25) is 0 Å². The van der Waals surface area contributed by atoms with Crippen molar-refractivity contribution in [2.45, 2.75) is 25.7 Å². The highest BCUT2D eigenvalue weighted by molar-refractivity contribution is 7.99. The van der Waals surface area contributed by atoms with Crippen molar-refractivity contribution < 1.29 is 29.4 Å². The van der Waals surface area contributed by atoms with Crippen molar-refractivity contribution in [1.29, 1.82) is 0 Å². The van der Waals surface area contributed by atoms with Gasteiger partial charge in [-0.05, 0) is 37.0 Å². The van der Waals surface area contributed by atoms with E-state index in [1.54, 1.807) is 11.0 Å². The number of oxime groups is 1. The number of aromatic hydroxyl groups is 2. The van der Waals surface area contributed by atoms with Gasteiger partial charge in [0.1, 0.15) is 17.1 Å². The van der Waals surface area contributed by atoms with Gasteiger partial charge in [0.15, 0.2) is 6.61 Å². The van der Waals surface area contributed by atoms with Crippen molar-refractivity contribution in [3.8, 4) is 11.5 Å². The first-order chi connectivity index (χ1) is 15.5. The predicted molar refractivity (Wildman–Crippen MR) is 123 cm³/mol. The molecular weight excluding hydrogens is 432 g/mol. The van der Waals surface area contributed by atoms with Gasteiger partial charge >= 0.3 is 5.97 Å². The predicted octanol–water partition coefficient (Wildman–Crippen LogP) is 3.04. The topological polar surface area (TPSA) is 109 Å². The van der Waals surface area contributed by atoms with E-state index in [0.29, 0.717) is 30.8 Å². The molecule has 172 valence electrons. The molecule has 0 unspecified atom stereocenters. The first kappa shape index (κ1) is 23.7. The number of carbonyl (C=O) groups excluding carboxylic acids is 2. The van der Waals surface area contributed by atoms with Crippen LogP contribution in [0.3, 0.4) is 0 Å². The highest BCUT2D eigenvalue weighted by atomic mass is 32.2. The fourth-order valence-electron chi connectivity index (χ4n) is 3.37. The van der Waals surface area contributed by atoms with Gasteiger partial charge in [0.25, 0.3) is 5.91 Å². The molecule has 8 nitrogen and oxygen atoms in total. The minimum atomic E-state index is -0.676. The van der Waals surface area contributed by atoms with Gasteiger partial charge in [-0.1, -0.05) is 23.4 Å². The van der Waals surface area contributed by atoms with Crippen LogP contribution in [-0.4, -0.2) is 70.5 Å². The summed E-state index contributed by atoms with van der Waals surface area (Å²) in [6, 6.07) is 2.49. The summed E-state index contributed by atoms with van der Waals surface area (Å²) in [4.78, 5) is 32.0. The Morgan fingerprint density at radius 2 is 1.88 bits per heavy atom. The molecule has 2 heterocycles. The number of carbonyl (C=O) groups is 2. The van der Waals surface area contributed by atoms with Crippen molar-refractivity contribution in [1.82, 2.24) is 4.90 Å². The van der Waals surface area contributed by atoms with Crippen molar-refractivity contribution in [2.75, 3.05) is 37.8 Å². The van der Waals surface area contributed by atoms with Crippen LogP contribution < -0.4 is 0 Å². The number of allylic oxidation sites excluding steroid dienone is 3. The molecule has 0 saturated carbocycles. The number of amides is 1. The molecule has 2 N–H and O–H groups in total. The Labute approximate surface area is 191 Å². The summed E-state index contributed by atoms with van der Waals surface area (Å²) >= 11 is 1.82. The fourth-order valence-corrected chi connectivity index (χ4v) is 4.28. The number of thioether (sulfide) groups is 1. The van der Waals surface area contributed by atoms with Gasteiger partial charge < -0.3 is 24.7 Å². The molecule has 1 aromatic rings. The zero-order valence-corrected chi connectivity index (χ0v) is 18.7. The van der Waals surface area contributed by atoms with E-state index < -0.39 is 5.97 Å². The lowest BCUT2D eigenvalue weighted by molar-refractivity contribution is -0.135. The summed E-state index contributed by atoms with van der Waals surface area (Å²) in [6.45, 7) is 1.41. The van der Waals surface area contributed by atoms with Crippen LogP contribution in [-0.2, 0) is 20.8 Å². The summed E-state index contributed by atoms with van der Waals surface area (Å²) in [5, 5.41) is 24.3. The Hall–Kier alpha value is -2.94. The molecule has 3 rings (SSSR count). The van der Waals surface area contributed by atoms with Crippen LogP contribution in [0.25, 0.3) is 0 Å². The molecule has 0 bridgehead atoms. The number of nitrogens with zero attached hydrogens (tertiary/aromatic N) is 2. The van der Waals surface area contributed by atoms with E-state index in [1.807, 2.05) is 30.0 Å². The van der Waals surface area contributed by atoms with Gasteiger partial charge in [-0.15, -0.1) is 0 Å². The van der Waals surface area contributed by atoms with Gasteiger partial charge in [-0.2, -0.15) is 11.8 Å². The number of phenolic OH excluding ortho intramolecular Hbond substituents is 2. The molecule has 2 aliphatic rings. The third-order valence-electron chi connectivity index (χ3n) is 4.99. The zero-order valence-electron chi connectivity index (χ0n) is 17.9. The van der Waals surface area contributed by atoms with Gasteiger partial charge in [0.05, 0.1) is 12.3 Å². The van der Waals surface area contributed by atoms with E-state index in [0.717, 1.165) is 30.4 Å². The van der Waals surface area contributed by atoms with Gasteiger partial charge in [-0.3, -0.25) is 4.79 Å². The number of benzene rings is 1. The lowest BCUT2D eigenvalue weighted by Gasteiger charge is -2.25. The number of esters is 1. The van der Waals surface area contributed by atoms with E-state index in [-0.39, 0.29) is 42.6 Å². The number of rotatable bonds is 3. The van der Waals surface area contributed by atoms with Crippen molar-refractivity contribution >= 4 is 29.4 Å². The summed E-state index contributed by atoms with van der Waals surface area (Å²) < 4.78 is 5.28. The van der Waals surface area contributed by atoms with Crippen LogP contribution >= 0.6 is 11.8 Å². The second kappa shape index (κ2) is 12.2. The molecule has 2 aliphatic heterocycles. The molecule has 1 fully saturated rings. The lowest BCUT2D eigenvalue weighted by atomic mass is 10.00. The third-order valence-corrected chi connectivity index (χ3v) is 5.93. The Morgan fingerprint density at radius 1 is 1.12 bits per heavy atom. The molecule has 1 amide bonds. The Kier molecular flexibility index (Phi) is 9.03. The average Bonchev–Trinajstić information content (AvgIpc) is 2.77. The SMILES string of the molecule is O=C1OCC/C=C/CC/C=C/C(=N/OCC(=O)N2CCSCC2)Cc2cc(O)cc(O)c21. The second-order valence-corrected chi connectivity index (χ2v) is 8.63. The number of hydrogen-bond donors (Lipinski definition) is 2. The minimum Gasteiger partial charge on any atom is -0.508 e. The first-order valence-electron chi connectivity index (χ1n) is 10.6. The Balaban J connectivity index is 1.80. The van der Waals surface area contributed by atoms with Crippen LogP contribution in [0.1, 0.15) is 35.2 Å². The number of fused-ring (bicyclic) bond motifs is 1. The van der Waals surface area contributed by atoms with E-state index in [1.165, 1.54) is 6.07 Å². The molecule has 0 aromatic heterocycles. The first-order valence-corrected chi connectivity index (χ1v) is 11.8. The zero-order chi connectivity index (χ0) is 22.8. The monoisotopic (exact) mass is 460 g/mol. The van der Waals surface area contributed by atoms with Crippen molar-refractivity contribution in [2.24, 2.45) is 5.16 Å². The van der Waals surface area contributed by atoms with Crippen molar-refractivity contribution in [3.63, 3.8) is 0 Å². The molecule has 1 aromatic carbocycles. The molecule has 0 spiro atoms. The summed E-state index contributed by atoms with van der Waals surface area (Å²) in [5.74, 6) is 0.485. The minimum absolute atomic E-state index is 0.0215. The van der Waals surface area contributed by atoms with Gasteiger partial charge in [0, 0.05) is 37.1 Å². The van der Waals surface area contributed by atoms with E-state index in [2.05, 4.69) is 5.16 Å². The third kappa shape index (κ3) is 7.05. The average molecular weight is 461 g/mol. The standard InChI is InChI=1S/C23H28N2O6S/c26-19-14-17-13-18(24-31-16-21(28)25-8-11-32-12-9-25)7-5-3-1-2-4-6-10-30-23(29)22(17)20(27)15-19/h2,4-5,7,14-15,26-27H,1,3,6,8-13,16H2/b4-2+,7-5+,24-18-. The van der Waals surface area contributed by atoms with E-state index in [4.69, 9.17) is 9.57 Å². The summed E-state index contributed by atoms with van der Waals surface area (Å²) in [7, 11) is 0. The van der Waals surface area contributed by atoms with Crippen LogP contribution in [0.4, 0.5) is 0 Å². The number of phenols is 2. The molecule has 32 heavy (non-hydrogen) atoms. The number of hydrogen-bond acceptors (Lipinski definition) is 8. The maximum absolute atomic E-state index is 12.6. The molecule has 9 heteroatoms. The van der Waals surface area contributed by atoms with Gasteiger partial charge in [-0.25, -0.2) is 4.79 Å². The fraction of sp³-hybridized carbons (Fsp3) is 0.435. The lowest BCUT2D eigenvalue weighted by Crippen LogP contribution is -2.39. The van der Waals surface area contributed by atoms with E-state index >= 15 is 0 Å². The molecule has 0 aliphatic carbocycles. The molecular formula is C23H28N2O6S. The normalized spacial score (nSPS) is 21.2. The Morgan fingerprint density at radius 3 is 2.69 bits per heavy atom.